The zero-order chi connectivity index (χ0) is 22.3. The average Bonchev–Trinajstić information content (AvgIpc) is 3.36. The molecule has 1 aliphatic heterocycles. The molecule has 0 bridgehead atoms. The van der Waals surface area contributed by atoms with E-state index in [0.29, 0.717) is 23.8 Å². The van der Waals surface area contributed by atoms with Crippen molar-refractivity contribution in [1.29, 1.82) is 5.41 Å². The second-order valence-corrected chi connectivity index (χ2v) is 9.26. The summed E-state index contributed by atoms with van der Waals surface area (Å²) in [5.41, 5.74) is 1.41. The molecule has 0 radical (unpaired) electrons. The molecule has 0 saturated carbocycles. The number of thioether (sulfide) groups is 1. The van der Waals surface area contributed by atoms with Gasteiger partial charge in [-0.3, -0.25) is 9.69 Å². The molecule has 1 aliphatic rings. The number of piperidine rings is 1. The lowest BCUT2D eigenvalue weighted by Gasteiger charge is -2.31. The van der Waals surface area contributed by atoms with E-state index in [0.717, 1.165) is 36.5 Å². The van der Waals surface area contributed by atoms with E-state index in [4.69, 9.17) is 10.1 Å². The van der Waals surface area contributed by atoms with Crippen LogP contribution in [-0.2, 0) is 0 Å². The lowest BCUT2D eigenvalue weighted by atomic mass is 10.1. The Morgan fingerprint density at radius 3 is 2.72 bits per heavy atom. The average molecular weight is 468 g/mol. The normalized spacial score (nSPS) is 14.8. The summed E-state index contributed by atoms with van der Waals surface area (Å²) in [7, 11) is 0. The molecule has 7 nitrogen and oxygen atoms in total. The Balaban J connectivity index is 1.36. The number of nitrogens with zero attached hydrogens (tertiary/aromatic N) is 3. The van der Waals surface area contributed by atoms with E-state index in [-0.39, 0.29) is 11.9 Å². The molecule has 2 aromatic heterocycles. The number of thiophene rings is 1. The maximum absolute atomic E-state index is 12.3. The number of anilines is 2. The first kappa shape index (κ1) is 22.4. The highest BCUT2D eigenvalue weighted by atomic mass is 32.2. The van der Waals surface area contributed by atoms with Crippen LogP contribution in [-0.4, -0.2) is 58.9 Å². The van der Waals surface area contributed by atoms with Gasteiger partial charge in [0.15, 0.2) is 5.78 Å². The molecular formula is C23H25N5O2S2. The van der Waals surface area contributed by atoms with Gasteiger partial charge in [-0.1, -0.05) is 6.07 Å². The second kappa shape index (κ2) is 10.7. The number of benzene rings is 1. The number of ether oxygens (including phenoxy) is 1. The number of nitrogens with one attached hydrogen (secondary N) is 2. The van der Waals surface area contributed by atoms with Gasteiger partial charge in [0.25, 0.3) is 0 Å². The van der Waals surface area contributed by atoms with Crippen LogP contribution >= 0.6 is 23.1 Å². The largest absolute Gasteiger partial charge is 0.474 e. The number of hydrogen-bond acceptors (Lipinski definition) is 9. The van der Waals surface area contributed by atoms with Gasteiger partial charge in [-0.2, -0.15) is 0 Å². The number of Topliss-reactive ketones (excluding diaryl/α,β-unsaturated/α-hetero) is 1. The van der Waals surface area contributed by atoms with Crippen molar-refractivity contribution in [1.82, 2.24) is 14.9 Å². The number of likely N-dealkylation sites (tertiary alicyclic amines) is 1. The van der Waals surface area contributed by atoms with Gasteiger partial charge < -0.3 is 15.5 Å². The van der Waals surface area contributed by atoms with Gasteiger partial charge in [-0.05, 0) is 54.8 Å². The molecule has 32 heavy (non-hydrogen) atoms. The minimum absolute atomic E-state index is 0.00889. The summed E-state index contributed by atoms with van der Waals surface area (Å²) in [6.45, 7) is 2.02. The number of hydrogen-bond donors (Lipinski definition) is 2. The van der Waals surface area contributed by atoms with Crippen LogP contribution in [0.25, 0.3) is 0 Å². The van der Waals surface area contributed by atoms with Crippen LogP contribution in [0.1, 0.15) is 28.1 Å². The van der Waals surface area contributed by atoms with Gasteiger partial charge >= 0.3 is 0 Å². The van der Waals surface area contributed by atoms with Crippen molar-refractivity contribution in [2.75, 3.05) is 31.2 Å². The van der Waals surface area contributed by atoms with Crippen LogP contribution in [0.4, 0.5) is 11.5 Å². The Morgan fingerprint density at radius 1 is 1.28 bits per heavy atom. The van der Waals surface area contributed by atoms with E-state index < -0.39 is 0 Å². The first-order chi connectivity index (χ1) is 15.7. The molecule has 1 aromatic carbocycles. The Hall–Kier alpha value is -2.75. The summed E-state index contributed by atoms with van der Waals surface area (Å²) in [6, 6.07) is 11.8. The van der Waals surface area contributed by atoms with E-state index in [1.807, 2.05) is 48.0 Å². The number of carbonyl (C=O) groups excluding carboxylic acids is 1. The molecule has 4 rings (SSSR count). The molecule has 1 saturated heterocycles. The summed E-state index contributed by atoms with van der Waals surface area (Å²) in [6.07, 6.45) is 6.31. The predicted molar refractivity (Wildman–Crippen MR) is 130 cm³/mol. The molecule has 1 fully saturated rings. The Labute approximate surface area is 195 Å². The van der Waals surface area contributed by atoms with E-state index >= 15 is 0 Å². The molecular weight excluding hydrogens is 442 g/mol. The summed E-state index contributed by atoms with van der Waals surface area (Å²) in [4.78, 5) is 25.1. The van der Waals surface area contributed by atoms with Crippen molar-refractivity contribution >= 4 is 46.6 Å². The van der Waals surface area contributed by atoms with Crippen molar-refractivity contribution in [3.8, 4) is 5.88 Å². The first-order valence-electron chi connectivity index (χ1n) is 10.4. The van der Waals surface area contributed by atoms with E-state index in [1.54, 1.807) is 11.8 Å². The fourth-order valence-corrected chi connectivity index (χ4v) is 4.64. The first-order valence-corrected chi connectivity index (χ1v) is 12.5. The minimum Gasteiger partial charge on any atom is -0.474 e. The number of carbonyl (C=O) groups is 1. The third kappa shape index (κ3) is 5.53. The predicted octanol–water partition coefficient (Wildman–Crippen LogP) is 4.73. The van der Waals surface area contributed by atoms with Crippen molar-refractivity contribution < 1.29 is 9.53 Å². The van der Waals surface area contributed by atoms with E-state index in [9.17, 15) is 4.79 Å². The molecule has 0 unspecified atom stereocenters. The van der Waals surface area contributed by atoms with E-state index in [1.165, 1.54) is 28.8 Å². The summed E-state index contributed by atoms with van der Waals surface area (Å²) in [5, 5.41) is 13.1. The number of rotatable bonds is 9. The molecule has 0 atom stereocenters. The molecule has 2 N–H and O–H groups in total. The van der Waals surface area contributed by atoms with Gasteiger partial charge in [0, 0.05) is 29.9 Å². The maximum Gasteiger partial charge on any atom is 0.227 e. The fourth-order valence-electron chi connectivity index (χ4n) is 3.58. The van der Waals surface area contributed by atoms with Crippen molar-refractivity contribution in [2.45, 2.75) is 23.8 Å². The number of aromatic nitrogens is 2. The lowest BCUT2D eigenvalue weighted by molar-refractivity contribution is 0.0780. The smallest absolute Gasteiger partial charge is 0.227 e. The summed E-state index contributed by atoms with van der Waals surface area (Å²) >= 11 is 3.17. The lowest BCUT2D eigenvalue weighted by Crippen LogP contribution is -2.40. The molecule has 0 spiro atoms. The summed E-state index contributed by atoms with van der Waals surface area (Å²) in [5.74, 6) is 1.12. The van der Waals surface area contributed by atoms with Crippen LogP contribution in [0.15, 0.2) is 53.0 Å². The third-order valence-corrected chi connectivity index (χ3v) is 6.98. The molecule has 0 aliphatic carbocycles. The highest BCUT2D eigenvalue weighted by Gasteiger charge is 2.24. The van der Waals surface area contributed by atoms with Gasteiger partial charge in [0.2, 0.25) is 5.88 Å². The topological polar surface area (TPSA) is 91.2 Å². The highest BCUT2D eigenvalue weighted by molar-refractivity contribution is 7.98. The van der Waals surface area contributed by atoms with Gasteiger partial charge in [-0.25, -0.2) is 9.97 Å². The Kier molecular flexibility index (Phi) is 7.51. The van der Waals surface area contributed by atoms with Crippen LogP contribution in [0.3, 0.4) is 0 Å². The zero-order valence-electron chi connectivity index (χ0n) is 17.8. The quantitative estimate of drug-likeness (QED) is 0.267. The van der Waals surface area contributed by atoms with Crippen LogP contribution < -0.4 is 10.1 Å². The van der Waals surface area contributed by atoms with E-state index in [2.05, 4.69) is 20.2 Å². The molecule has 0 amide bonds. The van der Waals surface area contributed by atoms with Crippen molar-refractivity contribution in [3.63, 3.8) is 0 Å². The van der Waals surface area contributed by atoms with Crippen molar-refractivity contribution in [3.05, 3.63) is 58.5 Å². The maximum atomic E-state index is 12.3. The molecule has 166 valence electrons. The van der Waals surface area contributed by atoms with Gasteiger partial charge in [0.05, 0.1) is 17.0 Å². The summed E-state index contributed by atoms with van der Waals surface area (Å²) < 4.78 is 6.16. The van der Waals surface area contributed by atoms with Gasteiger partial charge in [0.1, 0.15) is 18.2 Å². The van der Waals surface area contributed by atoms with Crippen LogP contribution in [0.2, 0.25) is 0 Å². The molecule has 3 heterocycles. The highest BCUT2D eigenvalue weighted by Crippen LogP contribution is 2.27. The second-order valence-electron chi connectivity index (χ2n) is 7.43. The van der Waals surface area contributed by atoms with Crippen molar-refractivity contribution in [2.24, 2.45) is 0 Å². The van der Waals surface area contributed by atoms with Crippen LogP contribution in [0, 0.1) is 5.41 Å². The number of ketones is 1. The molecule has 9 heteroatoms. The minimum atomic E-state index is -0.00889. The molecule has 3 aromatic rings. The monoisotopic (exact) mass is 467 g/mol. The fraction of sp³-hybridized carbons (Fsp3) is 0.304. The van der Waals surface area contributed by atoms with Crippen LogP contribution in [0.5, 0.6) is 5.88 Å². The SMILES string of the molecule is CSc1ccc(Nc2ncnc(OC3CCN(CC(=O)c4cccs4)CC3)c2C=N)cc1. The third-order valence-electron chi connectivity index (χ3n) is 5.32. The Morgan fingerprint density at radius 2 is 2.06 bits per heavy atom. The zero-order valence-corrected chi connectivity index (χ0v) is 19.4. The standard InChI is InChI=1S/C23H25N5O2S2/c1-31-18-6-4-16(5-7-18)27-22-19(13-24)23(26-15-25-22)30-17-8-10-28(11-9-17)14-20(29)21-3-2-12-32-21/h2-7,12-13,15,17,24H,8-11,14H2,1H3,(H,25,26,27). The van der Waals surface area contributed by atoms with Gasteiger partial charge in [-0.15, -0.1) is 23.1 Å². The Bertz CT molecular complexity index is 1050.